The van der Waals surface area contributed by atoms with E-state index in [0.29, 0.717) is 0 Å². The standard InChI is InChI=1S/C13H22O2S/c1-12(2,3)10-7-8-16(14,15)9-11(10)13(4,5)6/h7-8H,9H2,1-6H3. The van der Waals surface area contributed by atoms with Gasteiger partial charge >= 0.3 is 0 Å². The van der Waals surface area contributed by atoms with Crippen molar-refractivity contribution >= 4 is 9.84 Å². The molecule has 0 aromatic carbocycles. The Morgan fingerprint density at radius 2 is 1.50 bits per heavy atom. The second-order valence-corrected chi connectivity index (χ2v) is 8.39. The van der Waals surface area contributed by atoms with Crippen LogP contribution in [0.1, 0.15) is 41.5 Å². The van der Waals surface area contributed by atoms with Crippen LogP contribution in [0.3, 0.4) is 0 Å². The fourth-order valence-corrected chi connectivity index (χ4v) is 3.35. The lowest BCUT2D eigenvalue weighted by molar-refractivity contribution is 0.452. The van der Waals surface area contributed by atoms with Crippen LogP contribution in [0.4, 0.5) is 0 Å². The number of hydrogen-bond donors (Lipinski definition) is 0. The van der Waals surface area contributed by atoms with Crippen molar-refractivity contribution in [3.8, 4) is 0 Å². The highest BCUT2D eigenvalue weighted by Crippen LogP contribution is 2.40. The molecule has 0 aliphatic carbocycles. The van der Waals surface area contributed by atoms with Crippen molar-refractivity contribution in [1.82, 2.24) is 0 Å². The SMILES string of the molecule is CC(C)(C)C1=C(C(C)(C)C)CS(=O)(=O)C=C1. The van der Waals surface area contributed by atoms with Crippen LogP contribution in [0, 0.1) is 10.8 Å². The van der Waals surface area contributed by atoms with E-state index in [1.54, 1.807) is 6.08 Å². The highest BCUT2D eigenvalue weighted by Gasteiger charge is 2.31. The normalized spacial score (nSPS) is 21.4. The molecular weight excluding hydrogens is 220 g/mol. The fourth-order valence-electron chi connectivity index (χ4n) is 1.92. The van der Waals surface area contributed by atoms with E-state index in [4.69, 9.17) is 0 Å². The van der Waals surface area contributed by atoms with E-state index in [1.165, 1.54) is 5.41 Å². The topological polar surface area (TPSA) is 34.1 Å². The Kier molecular flexibility index (Phi) is 3.14. The molecule has 2 nitrogen and oxygen atoms in total. The summed E-state index contributed by atoms with van der Waals surface area (Å²) in [5.74, 6) is 0.166. The highest BCUT2D eigenvalue weighted by atomic mass is 32.2. The van der Waals surface area contributed by atoms with Gasteiger partial charge in [0.25, 0.3) is 0 Å². The molecule has 16 heavy (non-hydrogen) atoms. The first-order chi connectivity index (χ1) is 6.93. The zero-order valence-electron chi connectivity index (χ0n) is 11.1. The molecule has 0 saturated heterocycles. The zero-order chi connectivity index (χ0) is 12.8. The van der Waals surface area contributed by atoms with Crippen LogP contribution in [0.15, 0.2) is 22.6 Å². The Morgan fingerprint density at radius 1 is 1.00 bits per heavy atom. The van der Waals surface area contributed by atoms with Crippen molar-refractivity contribution < 1.29 is 8.42 Å². The monoisotopic (exact) mass is 242 g/mol. The summed E-state index contributed by atoms with van der Waals surface area (Å²) in [6.07, 6.45) is 1.78. The van der Waals surface area contributed by atoms with Gasteiger partial charge in [0.1, 0.15) is 0 Å². The summed E-state index contributed by atoms with van der Waals surface area (Å²) >= 11 is 0. The molecule has 0 spiro atoms. The highest BCUT2D eigenvalue weighted by molar-refractivity contribution is 7.94. The minimum Gasteiger partial charge on any atom is -0.224 e. The third-order valence-electron chi connectivity index (χ3n) is 2.83. The lowest BCUT2D eigenvalue weighted by Gasteiger charge is -2.33. The van der Waals surface area contributed by atoms with Crippen molar-refractivity contribution in [2.24, 2.45) is 10.8 Å². The first-order valence-corrected chi connectivity index (χ1v) is 7.30. The number of rotatable bonds is 0. The molecule has 0 bridgehead atoms. The van der Waals surface area contributed by atoms with Gasteiger partial charge in [-0.25, -0.2) is 8.42 Å². The number of hydrogen-bond acceptors (Lipinski definition) is 2. The maximum Gasteiger partial charge on any atom is 0.175 e. The molecule has 92 valence electrons. The first-order valence-electron chi connectivity index (χ1n) is 5.58. The summed E-state index contributed by atoms with van der Waals surface area (Å²) in [4.78, 5) is 0. The van der Waals surface area contributed by atoms with Crippen LogP contribution >= 0.6 is 0 Å². The van der Waals surface area contributed by atoms with Gasteiger partial charge < -0.3 is 0 Å². The molecule has 1 aliphatic heterocycles. The summed E-state index contributed by atoms with van der Waals surface area (Å²) in [5, 5.41) is 1.35. The molecule has 0 N–H and O–H groups in total. The zero-order valence-corrected chi connectivity index (χ0v) is 11.9. The predicted octanol–water partition coefficient (Wildman–Crippen LogP) is 3.32. The number of allylic oxidation sites excluding steroid dienone is 2. The van der Waals surface area contributed by atoms with E-state index >= 15 is 0 Å². The van der Waals surface area contributed by atoms with E-state index < -0.39 is 9.84 Å². The Labute approximate surface area is 99.4 Å². The van der Waals surface area contributed by atoms with Gasteiger partial charge in [0, 0.05) is 5.41 Å². The Bertz CT molecular complexity index is 437. The molecule has 0 saturated carbocycles. The van der Waals surface area contributed by atoms with Crippen LogP contribution in [-0.4, -0.2) is 14.2 Å². The second-order valence-electron chi connectivity index (χ2n) is 6.50. The predicted molar refractivity (Wildman–Crippen MR) is 68.9 cm³/mol. The van der Waals surface area contributed by atoms with Gasteiger partial charge in [0.2, 0.25) is 0 Å². The third-order valence-corrected chi connectivity index (χ3v) is 4.07. The molecule has 0 unspecified atom stereocenters. The van der Waals surface area contributed by atoms with Crippen molar-refractivity contribution in [2.45, 2.75) is 41.5 Å². The summed E-state index contributed by atoms with van der Waals surface area (Å²) < 4.78 is 23.3. The molecule has 0 amide bonds. The Balaban J connectivity index is 3.40. The Hall–Kier alpha value is -0.570. The van der Waals surface area contributed by atoms with Gasteiger partial charge in [-0.05, 0) is 28.1 Å². The molecule has 1 aliphatic rings. The van der Waals surface area contributed by atoms with Crippen molar-refractivity contribution in [2.75, 3.05) is 5.75 Å². The van der Waals surface area contributed by atoms with Crippen LogP contribution in [0.25, 0.3) is 0 Å². The van der Waals surface area contributed by atoms with E-state index in [2.05, 4.69) is 41.5 Å². The average Bonchev–Trinajstić information content (AvgIpc) is 1.97. The Morgan fingerprint density at radius 3 is 1.88 bits per heavy atom. The van der Waals surface area contributed by atoms with Gasteiger partial charge in [-0.1, -0.05) is 41.5 Å². The average molecular weight is 242 g/mol. The third kappa shape index (κ3) is 2.97. The van der Waals surface area contributed by atoms with Gasteiger partial charge in [-0.3, -0.25) is 0 Å². The molecule has 0 aromatic rings. The summed E-state index contributed by atoms with van der Waals surface area (Å²) in [5.41, 5.74) is 2.10. The molecular formula is C13H22O2S. The fraction of sp³-hybridized carbons (Fsp3) is 0.692. The maximum absolute atomic E-state index is 11.7. The summed E-state index contributed by atoms with van der Waals surface area (Å²) in [7, 11) is -3.05. The van der Waals surface area contributed by atoms with E-state index in [1.807, 2.05) is 0 Å². The molecule has 0 radical (unpaired) electrons. The molecule has 3 heteroatoms. The largest absolute Gasteiger partial charge is 0.224 e. The first kappa shape index (κ1) is 13.5. The van der Waals surface area contributed by atoms with Crippen molar-refractivity contribution in [1.29, 1.82) is 0 Å². The van der Waals surface area contributed by atoms with Gasteiger partial charge in [-0.15, -0.1) is 0 Å². The summed E-state index contributed by atoms with van der Waals surface area (Å²) in [6.45, 7) is 12.6. The van der Waals surface area contributed by atoms with Crippen LogP contribution in [-0.2, 0) is 9.84 Å². The van der Waals surface area contributed by atoms with Crippen LogP contribution < -0.4 is 0 Å². The minimum atomic E-state index is -3.05. The second kappa shape index (κ2) is 3.73. The van der Waals surface area contributed by atoms with E-state index in [9.17, 15) is 8.42 Å². The smallest absolute Gasteiger partial charge is 0.175 e. The number of sulfone groups is 1. The van der Waals surface area contributed by atoms with Crippen LogP contribution in [0.5, 0.6) is 0 Å². The van der Waals surface area contributed by atoms with Gasteiger partial charge in [0.05, 0.1) is 5.75 Å². The molecule has 0 aromatic heterocycles. The van der Waals surface area contributed by atoms with Gasteiger partial charge in [0.15, 0.2) is 9.84 Å². The van der Waals surface area contributed by atoms with Crippen molar-refractivity contribution in [3.63, 3.8) is 0 Å². The summed E-state index contributed by atoms with van der Waals surface area (Å²) in [6, 6.07) is 0. The molecule has 1 rings (SSSR count). The van der Waals surface area contributed by atoms with E-state index in [0.717, 1.165) is 11.1 Å². The van der Waals surface area contributed by atoms with E-state index in [-0.39, 0.29) is 16.6 Å². The molecule has 1 heterocycles. The minimum absolute atomic E-state index is 0.00491. The quantitative estimate of drug-likeness (QED) is 0.653. The maximum atomic E-state index is 11.7. The molecule has 0 atom stereocenters. The van der Waals surface area contributed by atoms with Crippen molar-refractivity contribution in [3.05, 3.63) is 22.6 Å². The van der Waals surface area contributed by atoms with Crippen LogP contribution in [0.2, 0.25) is 0 Å². The van der Waals surface area contributed by atoms with Gasteiger partial charge in [-0.2, -0.15) is 0 Å². The molecule has 0 fully saturated rings. The lowest BCUT2D eigenvalue weighted by Crippen LogP contribution is -2.26. The lowest BCUT2D eigenvalue weighted by atomic mass is 9.75.